The number of thiocarbonyl (C=S) groups is 1. The predicted molar refractivity (Wildman–Crippen MR) is 71.8 cm³/mol. The van der Waals surface area contributed by atoms with Gasteiger partial charge in [-0.2, -0.15) is 0 Å². The average Bonchev–Trinajstić information content (AvgIpc) is 3.07. The Kier molecular flexibility index (Phi) is 3.35. The molecule has 17 heavy (non-hydrogen) atoms. The molecular weight excluding hydrogens is 256 g/mol. The maximum Gasteiger partial charge on any atom is 0.233 e. The van der Waals surface area contributed by atoms with Gasteiger partial charge in [0.15, 0.2) is 0 Å². The van der Waals surface area contributed by atoms with Crippen LogP contribution in [0.25, 0.3) is 0 Å². The van der Waals surface area contributed by atoms with Gasteiger partial charge in [-0.05, 0) is 30.5 Å². The first-order valence-corrected chi connectivity index (χ1v) is 6.16. The lowest BCUT2D eigenvalue weighted by atomic mass is 10.1. The minimum absolute atomic E-state index is 0.0787. The second-order valence-electron chi connectivity index (χ2n) is 4.26. The van der Waals surface area contributed by atoms with Gasteiger partial charge in [-0.25, -0.2) is 0 Å². The highest BCUT2D eigenvalue weighted by molar-refractivity contribution is 7.80. The highest BCUT2D eigenvalue weighted by atomic mass is 35.5. The summed E-state index contributed by atoms with van der Waals surface area (Å²) in [5.74, 6) is -0.0787. The number of nitrogens with two attached hydrogens (primary N) is 1. The first-order valence-electron chi connectivity index (χ1n) is 5.37. The molecule has 0 bridgehead atoms. The average molecular weight is 269 g/mol. The van der Waals surface area contributed by atoms with Crippen LogP contribution in [0.3, 0.4) is 0 Å². The number of rotatable bonds is 4. The van der Waals surface area contributed by atoms with Crippen molar-refractivity contribution in [2.45, 2.75) is 19.4 Å². The van der Waals surface area contributed by atoms with Gasteiger partial charge in [0.1, 0.15) is 0 Å². The van der Waals surface area contributed by atoms with Crippen LogP contribution in [0, 0.1) is 5.41 Å². The van der Waals surface area contributed by atoms with Gasteiger partial charge in [0.2, 0.25) is 5.91 Å². The second kappa shape index (κ2) is 4.63. The number of amides is 1. The first kappa shape index (κ1) is 12.3. The third kappa shape index (κ3) is 2.58. The lowest BCUT2D eigenvalue weighted by Crippen LogP contribution is -2.39. The minimum atomic E-state index is -0.589. The van der Waals surface area contributed by atoms with E-state index in [0.717, 1.165) is 18.4 Å². The fraction of sp³-hybridized carbons (Fsp3) is 0.333. The highest BCUT2D eigenvalue weighted by Gasteiger charge is 2.52. The molecule has 1 aliphatic carbocycles. The molecule has 0 radical (unpaired) electrons. The van der Waals surface area contributed by atoms with E-state index in [2.05, 4.69) is 5.32 Å². The topological polar surface area (TPSA) is 55.1 Å². The zero-order valence-corrected chi connectivity index (χ0v) is 10.8. The van der Waals surface area contributed by atoms with Gasteiger partial charge in [-0.3, -0.25) is 4.79 Å². The first-order chi connectivity index (χ1) is 8.04. The third-order valence-corrected chi connectivity index (χ3v) is 3.62. The van der Waals surface area contributed by atoms with E-state index in [4.69, 9.17) is 29.6 Å². The molecule has 5 heteroatoms. The molecule has 0 spiro atoms. The summed E-state index contributed by atoms with van der Waals surface area (Å²) in [6.45, 7) is 0.448. The van der Waals surface area contributed by atoms with E-state index in [1.807, 2.05) is 18.2 Å². The molecule has 2 rings (SSSR count). The number of hydrogen-bond donors (Lipinski definition) is 2. The van der Waals surface area contributed by atoms with Crippen molar-refractivity contribution in [2.24, 2.45) is 11.1 Å². The summed E-state index contributed by atoms with van der Waals surface area (Å²) in [5, 5.41) is 3.50. The molecule has 1 aromatic carbocycles. The number of nitrogens with one attached hydrogen (secondary N) is 1. The fourth-order valence-corrected chi connectivity index (χ4v) is 2.22. The molecule has 1 fully saturated rings. The molecular formula is C12H13ClN2OS. The monoisotopic (exact) mass is 268 g/mol. The van der Waals surface area contributed by atoms with Crippen molar-refractivity contribution in [3.63, 3.8) is 0 Å². The van der Waals surface area contributed by atoms with Crippen molar-refractivity contribution in [1.29, 1.82) is 0 Å². The van der Waals surface area contributed by atoms with E-state index < -0.39 is 5.41 Å². The summed E-state index contributed by atoms with van der Waals surface area (Å²) in [5.41, 5.74) is 5.95. The van der Waals surface area contributed by atoms with E-state index in [9.17, 15) is 4.79 Å². The van der Waals surface area contributed by atoms with Crippen molar-refractivity contribution >= 4 is 34.7 Å². The van der Waals surface area contributed by atoms with Crippen LogP contribution in [0.4, 0.5) is 0 Å². The summed E-state index contributed by atoms with van der Waals surface area (Å²) in [7, 11) is 0. The molecule has 1 aromatic rings. The Morgan fingerprint density at radius 1 is 1.53 bits per heavy atom. The Labute approximate surface area is 110 Å². The normalized spacial score (nSPS) is 16.3. The van der Waals surface area contributed by atoms with Crippen molar-refractivity contribution in [2.75, 3.05) is 0 Å². The summed E-state index contributed by atoms with van der Waals surface area (Å²) in [6.07, 6.45) is 1.51. The smallest absolute Gasteiger partial charge is 0.233 e. The summed E-state index contributed by atoms with van der Waals surface area (Å²) < 4.78 is 0. The van der Waals surface area contributed by atoms with Gasteiger partial charge in [-0.15, -0.1) is 0 Å². The van der Waals surface area contributed by atoms with Crippen molar-refractivity contribution in [3.8, 4) is 0 Å². The second-order valence-corrected chi connectivity index (χ2v) is 5.14. The quantitative estimate of drug-likeness (QED) is 0.822. The van der Waals surface area contributed by atoms with E-state index in [-0.39, 0.29) is 5.91 Å². The minimum Gasteiger partial charge on any atom is -0.392 e. The number of carbonyl (C=O) groups excluding carboxylic acids is 1. The van der Waals surface area contributed by atoms with Crippen LogP contribution >= 0.6 is 23.8 Å². The molecule has 1 aliphatic rings. The molecule has 0 unspecified atom stereocenters. The Hall–Kier alpha value is -1.13. The number of halogens is 1. The number of hydrogen-bond acceptors (Lipinski definition) is 2. The SMILES string of the molecule is NC(=S)C1(C(=O)NCc2cccc(Cl)c2)CC1. The van der Waals surface area contributed by atoms with Gasteiger partial charge in [0.05, 0.1) is 10.4 Å². The Balaban J connectivity index is 1.95. The van der Waals surface area contributed by atoms with Gasteiger partial charge in [0, 0.05) is 11.6 Å². The van der Waals surface area contributed by atoms with E-state index in [0.29, 0.717) is 16.6 Å². The van der Waals surface area contributed by atoms with Gasteiger partial charge >= 0.3 is 0 Å². The molecule has 90 valence electrons. The standard InChI is InChI=1S/C12H13ClN2OS/c13-9-3-1-2-8(6-9)7-15-11(16)12(4-5-12)10(14)17/h1-3,6H,4-5,7H2,(H2,14,17)(H,15,16). The van der Waals surface area contributed by atoms with Crippen molar-refractivity contribution < 1.29 is 4.79 Å². The summed E-state index contributed by atoms with van der Waals surface area (Å²) in [4.78, 5) is 12.2. The van der Waals surface area contributed by atoms with Gasteiger partial charge in [-0.1, -0.05) is 36.0 Å². The van der Waals surface area contributed by atoms with E-state index in [1.54, 1.807) is 6.07 Å². The third-order valence-electron chi connectivity index (χ3n) is 3.00. The van der Waals surface area contributed by atoms with Crippen LogP contribution < -0.4 is 11.1 Å². The molecule has 1 amide bonds. The number of benzene rings is 1. The van der Waals surface area contributed by atoms with Gasteiger partial charge < -0.3 is 11.1 Å². The molecule has 0 aromatic heterocycles. The maximum absolute atomic E-state index is 11.9. The molecule has 0 saturated heterocycles. The predicted octanol–water partition coefficient (Wildman–Crippen LogP) is 2.02. The Morgan fingerprint density at radius 3 is 2.76 bits per heavy atom. The Morgan fingerprint density at radius 2 is 2.24 bits per heavy atom. The van der Waals surface area contributed by atoms with E-state index >= 15 is 0 Å². The van der Waals surface area contributed by atoms with Crippen LogP contribution in [0.15, 0.2) is 24.3 Å². The fourth-order valence-electron chi connectivity index (χ4n) is 1.71. The Bertz CT molecular complexity index is 471. The van der Waals surface area contributed by atoms with Crippen molar-refractivity contribution in [1.82, 2.24) is 5.32 Å². The highest BCUT2D eigenvalue weighted by Crippen LogP contribution is 2.46. The van der Waals surface area contributed by atoms with E-state index in [1.165, 1.54) is 0 Å². The lowest BCUT2D eigenvalue weighted by Gasteiger charge is -2.13. The lowest BCUT2D eigenvalue weighted by molar-refractivity contribution is -0.124. The van der Waals surface area contributed by atoms with Crippen LogP contribution in [0.2, 0.25) is 5.02 Å². The maximum atomic E-state index is 11.9. The zero-order chi connectivity index (χ0) is 12.5. The molecule has 0 aliphatic heterocycles. The van der Waals surface area contributed by atoms with Crippen LogP contribution in [-0.2, 0) is 11.3 Å². The zero-order valence-electron chi connectivity index (χ0n) is 9.20. The molecule has 3 N–H and O–H groups in total. The molecule has 0 heterocycles. The van der Waals surface area contributed by atoms with Crippen LogP contribution in [-0.4, -0.2) is 10.9 Å². The number of carbonyl (C=O) groups is 1. The van der Waals surface area contributed by atoms with Crippen LogP contribution in [0.5, 0.6) is 0 Å². The largest absolute Gasteiger partial charge is 0.392 e. The van der Waals surface area contributed by atoms with Crippen LogP contribution in [0.1, 0.15) is 18.4 Å². The molecule has 3 nitrogen and oxygen atoms in total. The molecule has 0 atom stereocenters. The van der Waals surface area contributed by atoms with Crippen molar-refractivity contribution in [3.05, 3.63) is 34.9 Å². The summed E-state index contributed by atoms with van der Waals surface area (Å²) >= 11 is 10.8. The molecule has 1 saturated carbocycles. The summed E-state index contributed by atoms with van der Waals surface area (Å²) in [6, 6.07) is 7.38. The van der Waals surface area contributed by atoms with Gasteiger partial charge in [0.25, 0.3) is 0 Å².